The highest BCUT2D eigenvalue weighted by Gasteiger charge is 2.30. The minimum absolute atomic E-state index is 0.0849. The Morgan fingerprint density at radius 3 is 2.43 bits per heavy atom. The van der Waals surface area contributed by atoms with Crippen molar-refractivity contribution in [3.05, 3.63) is 17.6 Å². The summed E-state index contributed by atoms with van der Waals surface area (Å²) in [4.78, 5) is 11.8. The summed E-state index contributed by atoms with van der Waals surface area (Å²) in [7, 11) is 1.34. The van der Waals surface area contributed by atoms with Crippen LogP contribution < -0.4 is 0 Å². The van der Waals surface area contributed by atoms with E-state index in [9.17, 15) is 13.2 Å². The minimum Gasteiger partial charge on any atom is -0.457 e. The van der Waals surface area contributed by atoms with Gasteiger partial charge in [-0.2, -0.15) is 0 Å². The SMILES string of the molecule is Cc1oc(C(=O)OC2CCC(C)(C)CC2)cc1S(=O)(=O)Cl. The maximum atomic E-state index is 12.0. The molecule has 1 saturated carbocycles. The summed E-state index contributed by atoms with van der Waals surface area (Å²) in [5.41, 5.74) is 0.282. The Morgan fingerprint density at radius 1 is 1.38 bits per heavy atom. The Morgan fingerprint density at radius 2 is 1.95 bits per heavy atom. The highest BCUT2D eigenvalue weighted by molar-refractivity contribution is 8.13. The summed E-state index contributed by atoms with van der Waals surface area (Å²) in [6, 6.07) is 1.12. The molecule has 0 amide bonds. The zero-order valence-corrected chi connectivity index (χ0v) is 13.9. The molecular weight excluding hydrogens is 316 g/mol. The van der Waals surface area contributed by atoms with Crippen LogP contribution in [-0.2, 0) is 13.8 Å². The van der Waals surface area contributed by atoms with Crippen LogP contribution in [0, 0.1) is 12.3 Å². The first kappa shape index (κ1) is 16.4. The van der Waals surface area contributed by atoms with E-state index in [1.54, 1.807) is 0 Å². The topological polar surface area (TPSA) is 73.6 Å². The largest absolute Gasteiger partial charge is 0.457 e. The van der Waals surface area contributed by atoms with Crippen LogP contribution in [0.4, 0.5) is 0 Å². The molecule has 5 nitrogen and oxygen atoms in total. The van der Waals surface area contributed by atoms with Gasteiger partial charge in [-0.25, -0.2) is 13.2 Å². The van der Waals surface area contributed by atoms with Gasteiger partial charge in [0.05, 0.1) is 0 Å². The number of rotatable bonds is 3. The molecule has 0 unspecified atom stereocenters. The van der Waals surface area contributed by atoms with Crippen molar-refractivity contribution < 1.29 is 22.4 Å². The maximum Gasteiger partial charge on any atom is 0.374 e. The maximum absolute atomic E-state index is 12.0. The first-order valence-electron chi connectivity index (χ1n) is 6.84. The fraction of sp³-hybridized carbons (Fsp3) is 0.643. The Labute approximate surface area is 129 Å². The van der Waals surface area contributed by atoms with Crippen molar-refractivity contribution in [3.8, 4) is 0 Å². The number of halogens is 1. The number of esters is 1. The van der Waals surface area contributed by atoms with Crippen LogP contribution in [0.5, 0.6) is 0 Å². The number of hydrogen-bond donors (Lipinski definition) is 0. The van der Waals surface area contributed by atoms with Gasteiger partial charge >= 0.3 is 5.97 Å². The quantitative estimate of drug-likeness (QED) is 0.623. The average Bonchev–Trinajstić information content (AvgIpc) is 2.74. The Bertz CT molecular complexity index is 634. The predicted octanol–water partition coefficient (Wildman–Crippen LogP) is 3.64. The van der Waals surface area contributed by atoms with Gasteiger partial charge in [0, 0.05) is 16.7 Å². The molecule has 7 heteroatoms. The van der Waals surface area contributed by atoms with Crippen molar-refractivity contribution in [2.24, 2.45) is 5.41 Å². The first-order chi connectivity index (χ1) is 9.58. The van der Waals surface area contributed by atoms with Crippen molar-refractivity contribution in [1.82, 2.24) is 0 Å². The third kappa shape index (κ3) is 4.01. The zero-order valence-electron chi connectivity index (χ0n) is 12.3. The lowest BCUT2D eigenvalue weighted by Gasteiger charge is -2.33. The van der Waals surface area contributed by atoms with E-state index in [0.29, 0.717) is 0 Å². The van der Waals surface area contributed by atoms with Crippen LogP contribution in [0.2, 0.25) is 0 Å². The normalized spacial score (nSPS) is 19.4. The second-order valence-corrected chi connectivity index (χ2v) is 8.77. The van der Waals surface area contributed by atoms with Gasteiger partial charge in [-0.05, 0) is 38.0 Å². The molecule has 118 valence electrons. The van der Waals surface area contributed by atoms with Crippen molar-refractivity contribution in [2.45, 2.75) is 57.5 Å². The molecule has 0 saturated heterocycles. The van der Waals surface area contributed by atoms with E-state index in [1.165, 1.54) is 6.92 Å². The third-order valence-electron chi connectivity index (χ3n) is 3.90. The molecule has 1 fully saturated rings. The van der Waals surface area contributed by atoms with E-state index in [-0.39, 0.29) is 27.9 Å². The summed E-state index contributed by atoms with van der Waals surface area (Å²) in [6.45, 7) is 5.83. The van der Waals surface area contributed by atoms with Gasteiger partial charge in [-0.3, -0.25) is 0 Å². The number of furan rings is 1. The monoisotopic (exact) mass is 334 g/mol. The van der Waals surface area contributed by atoms with Gasteiger partial charge in [0.15, 0.2) is 0 Å². The van der Waals surface area contributed by atoms with Crippen LogP contribution in [0.15, 0.2) is 15.4 Å². The first-order valence-corrected chi connectivity index (χ1v) is 9.15. The van der Waals surface area contributed by atoms with Crippen LogP contribution >= 0.6 is 10.7 Å². The van der Waals surface area contributed by atoms with E-state index in [2.05, 4.69) is 13.8 Å². The molecule has 0 atom stereocenters. The summed E-state index contributed by atoms with van der Waals surface area (Å²) in [5, 5.41) is 0. The molecule has 0 N–H and O–H groups in total. The fourth-order valence-corrected chi connectivity index (χ4v) is 3.60. The van der Waals surface area contributed by atoms with Crippen molar-refractivity contribution in [3.63, 3.8) is 0 Å². The summed E-state index contributed by atoms with van der Waals surface area (Å²) in [6.07, 6.45) is 3.44. The molecule has 2 rings (SSSR count). The van der Waals surface area contributed by atoms with E-state index < -0.39 is 15.0 Å². The molecule has 1 heterocycles. The lowest BCUT2D eigenvalue weighted by Crippen LogP contribution is -2.28. The summed E-state index contributed by atoms with van der Waals surface area (Å²) >= 11 is 0. The third-order valence-corrected chi connectivity index (χ3v) is 5.33. The second-order valence-electron chi connectivity index (χ2n) is 6.24. The van der Waals surface area contributed by atoms with Crippen LogP contribution in [0.25, 0.3) is 0 Å². The highest BCUT2D eigenvalue weighted by atomic mass is 35.7. The van der Waals surface area contributed by atoms with Crippen molar-refractivity contribution >= 4 is 25.7 Å². The zero-order chi connectivity index (χ0) is 15.8. The Hall–Kier alpha value is -1.01. The molecule has 1 aromatic heterocycles. The lowest BCUT2D eigenvalue weighted by molar-refractivity contribution is 0.00638. The summed E-state index contributed by atoms with van der Waals surface area (Å²) in [5.74, 6) is -0.687. The molecule has 0 aromatic carbocycles. The highest BCUT2D eigenvalue weighted by Crippen LogP contribution is 2.36. The van der Waals surface area contributed by atoms with Crippen molar-refractivity contribution in [2.75, 3.05) is 0 Å². The smallest absolute Gasteiger partial charge is 0.374 e. The van der Waals surface area contributed by atoms with Gasteiger partial charge in [0.2, 0.25) is 5.76 Å². The summed E-state index contributed by atoms with van der Waals surface area (Å²) < 4.78 is 33.1. The molecule has 1 aliphatic carbocycles. The molecule has 0 aliphatic heterocycles. The number of carbonyl (C=O) groups excluding carboxylic acids is 1. The lowest BCUT2D eigenvalue weighted by atomic mass is 9.76. The fourth-order valence-electron chi connectivity index (χ4n) is 2.51. The van der Waals surface area contributed by atoms with Crippen LogP contribution in [-0.4, -0.2) is 20.5 Å². The molecule has 1 aliphatic rings. The molecule has 21 heavy (non-hydrogen) atoms. The van der Waals surface area contributed by atoms with E-state index >= 15 is 0 Å². The van der Waals surface area contributed by atoms with E-state index in [4.69, 9.17) is 19.8 Å². The molecule has 0 radical (unpaired) electrons. The van der Waals surface area contributed by atoms with E-state index in [0.717, 1.165) is 31.7 Å². The number of aryl methyl sites for hydroxylation is 1. The Balaban J connectivity index is 2.05. The van der Waals surface area contributed by atoms with Gasteiger partial charge in [-0.1, -0.05) is 13.8 Å². The molecule has 0 spiro atoms. The van der Waals surface area contributed by atoms with Gasteiger partial charge in [0.1, 0.15) is 16.8 Å². The van der Waals surface area contributed by atoms with Crippen LogP contribution in [0.3, 0.4) is 0 Å². The van der Waals surface area contributed by atoms with E-state index in [1.807, 2.05) is 0 Å². The standard InChI is InChI=1S/C14H19ClO5S/c1-9-12(21(15,17)18)8-11(19-9)13(16)20-10-4-6-14(2,3)7-5-10/h8,10H,4-7H2,1-3H3. The predicted molar refractivity (Wildman–Crippen MR) is 77.9 cm³/mol. The Kier molecular flexibility index (Phi) is 4.40. The molecule has 1 aromatic rings. The van der Waals surface area contributed by atoms with Gasteiger partial charge in [-0.15, -0.1) is 0 Å². The number of hydrogen-bond acceptors (Lipinski definition) is 5. The average molecular weight is 335 g/mol. The van der Waals surface area contributed by atoms with Gasteiger partial charge < -0.3 is 9.15 Å². The van der Waals surface area contributed by atoms with Crippen LogP contribution in [0.1, 0.15) is 55.8 Å². The second kappa shape index (κ2) is 5.65. The number of ether oxygens (including phenoxy) is 1. The molecular formula is C14H19ClO5S. The molecule has 0 bridgehead atoms. The van der Waals surface area contributed by atoms with Crippen molar-refractivity contribution in [1.29, 1.82) is 0 Å². The minimum atomic E-state index is -3.92. The number of carbonyl (C=O) groups is 1. The van der Waals surface area contributed by atoms with Gasteiger partial charge in [0.25, 0.3) is 9.05 Å².